The smallest absolute Gasteiger partial charge is 0.122 e. The van der Waals surface area contributed by atoms with E-state index in [4.69, 9.17) is 14.6 Å². The van der Waals surface area contributed by atoms with E-state index in [-0.39, 0.29) is 12.5 Å². The molecular formula is C11H16O3. The molecule has 0 aliphatic carbocycles. The van der Waals surface area contributed by atoms with Crippen molar-refractivity contribution < 1.29 is 14.6 Å². The van der Waals surface area contributed by atoms with Crippen LogP contribution < -0.4 is 9.47 Å². The minimum Gasteiger partial charge on any atom is -0.497 e. The minimum atomic E-state index is 0.143. The van der Waals surface area contributed by atoms with Crippen LogP contribution in [0.3, 0.4) is 0 Å². The molecule has 0 fully saturated rings. The van der Waals surface area contributed by atoms with Crippen LogP contribution in [0.4, 0.5) is 0 Å². The highest BCUT2D eigenvalue weighted by molar-refractivity contribution is 5.32. The van der Waals surface area contributed by atoms with Crippen LogP contribution in [0, 0.1) is 5.92 Å². The van der Waals surface area contributed by atoms with Crippen LogP contribution in [0.15, 0.2) is 24.3 Å². The van der Waals surface area contributed by atoms with Gasteiger partial charge in [0.1, 0.15) is 11.5 Å². The topological polar surface area (TPSA) is 38.7 Å². The van der Waals surface area contributed by atoms with Crippen LogP contribution in [-0.4, -0.2) is 25.4 Å². The molecule has 78 valence electrons. The molecular weight excluding hydrogens is 180 g/mol. The van der Waals surface area contributed by atoms with E-state index in [1.54, 1.807) is 7.11 Å². The predicted molar refractivity (Wildman–Crippen MR) is 54.7 cm³/mol. The monoisotopic (exact) mass is 196 g/mol. The average molecular weight is 196 g/mol. The van der Waals surface area contributed by atoms with Crippen molar-refractivity contribution in [2.45, 2.75) is 6.92 Å². The van der Waals surface area contributed by atoms with Gasteiger partial charge in [-0.25, -0.2) is 0 Å². The standard InChI is InChI=1S/C11H16O3/c1-9(7-12)8-14-11-5-3-4-10(6-11)13-2/h3-6,9,12H,7-8H2,1-2H3. The first-order valence-electron chi connectivity index (χ1n) is 4.64. The van der Waals surface area contributed by atoms with Crippen molar-refractivity contribution in [2.24, 2.45) is 5.92 Å². The highest BCUT2D eigenvalue weighted by Gasteiger charge is 2.01. The maximum atomic E-state index is 8.81. The Morgan fingerprint density at radius 2 is 2.07 bits per heavy atom. The number of hydrogen-bond acceptors (Lipinski definition) is 3. The Hall–Kier alpha value is -1.22. The molecule has 0 heterocycles. The molecule has 0 saturated heterocycles. The van der Waals surface area contributed by atoms with Crippen LogP contribution in [0.1, 0.15) is 6.92 Å². The van der Waals surface area contributed by atoms with Crippen LogP contribution in [0.25, 0.3) is 0 Å². The first-order chi connectivity index (χ1) is 6.76. The van der Waals surface area contributed by atoms with Crippen molar-refractivity contribution in [3.05, 3.63) is 24.3 Å². The molecule has 1 aromatic carbocycles. The number of methoxy groups -OCH3 is 1. The summed E-state index contributed by atoms with van der Waals surface area (Å²) in [6, 6.07) is 7.43. The Balaban J connectivity index is 2.50. The van der Waals surface area contributed by atoms with Crippen molar-refractivity contribution in [3.8, 4) is 11.5 Å². The molecule has 0 aliphatic heterocycles. The van der Waals surface area contributed by atoms with Gasteiger partial charge < -0.3 is 14.6 Å². The fraction of sp³-hybridized carbons (Fsp3) is 0.455. The lowest BCUT2D eigenvalue weighted by molar-refractivity contribution is 0.174. The number of aliphatic hydroxyl groups is 1. The fourth-order valence-electron chi connectivity index (χ4n) is 0.982. The van der Waals surface area contributed by atoms with Crippen LogP contribution in [0.2, 0.25) is 0 Å². The van der Waals surface area contributed by atoms with Gasteiger partial charge >= 0.3 is 0 Å². The molecule has 0 bridgehead atoms. The molecule has 14 heavy (non-hydrogen) atoms. The molecule has 0 saturated carbocycles. The van der Waals surface area contributed by atoms with Crippen molar-refractivity contribution >= 4 is 0 Å². The number of rotatable bonds is 5. The molecule has 1 rings (SSSR count). The van der Waals surface area contributed by atoms with E-state index < -0.39 is 0 Å². The van der Waals surface area contributed by atoms with Gasteiger partial charge in [-0.2, -0.15) is 0 Å². The molecule has 0 aliphatic rings. The highest BCUT2D eigenvalue weighted by Crippen LogP contribution is 2.19. The molecule has 0 amide bonds. The number of aliphatic hydroxyl groups excluding tert-OH is 1. The van der Waals surface area contributed by atoms with Gasteiger partial charge in [0, 0.05) is 18.6 Å². The molecule has 0 radical (unpaired) electrons. The molecule has 0 aromatic heterocycles. The Labute approximate surface area is 84.3 Å². The van der Waals surface area contributed by atoms with E-state index in [0.717, 1.165) is 11.5 Å². The summed E-state index contributed by atoms with van der Waals surface area (Å²) in [5.74, 6) is 1.70. The average Bonchev–Trinajstić information content (AvgIpc) is 2.26. The Bertz CT molecular complexity index is 273. The molecule has 1 atom stereocenters. The molecule has 1 N–H and O–H groups in total. The maximum Gasteiger partial charge on any atom is 0.122 e. The van der Waals surface area contributed by atoms with Crippen molar-refractivity contribution in [1.29, 1.82) is 0 Å². The van der Waals surface area contributed by atoms with Gasteiger partial charge in [-0.15, -0.1) is 0 Å². The third kappa shape index (κ3) is 3.26. The number of ether oxygens (including phenoxy) is 2. The van der Waals surface area contributed by atoms with Gasteiger partial charge in [0.25, 0.3) is 0 Å². The van der Waals surface area contributed by atoms with Crippen molar-refractivity contribution in [3.63, 3.8) is 0 Å². The first kappa shape index (κ1) is 10.9. The van der Waals surface area contributed by atoms with E-state index in [1.807, 2.05) is 31.2 Å². The first-order valence-corrected chi connectivity index (χ1v) is 4.64. The lowest BCUT2D eigenvalue weighted by Crippen LogP contribution is -2.12. The van der Waals surface area contributed by atoms with Gasteiger partial charge in [-0.3, -0.25) is 0 Å². The Morgan fingerprint density at radius 1 is 1.36 bits per heavy atom. The van der Waals surface area contributed by atoms with Crippen LogP contribution in [0.5, 0.6) is 11.5 Å². The quantitative estimate of drug-likeness (QED) is 0.779. The van der Waals surface area contributed by atoms with Gasteiger partial charge in [0.05, 0.1) is 13.7 Å². The Kier molecular flexibility index (Phi) is 4.26. The maximum absolute atomic E-state index is 8.81. The molecule has 0 spiro atoms. The normalized spacial score (nSPS) is 12.2. The number of hydrogen-bond donors (Lipinski definition) is 1. The third-order valence-corrected chi connectivity index (χ3v) is 1.89. The Morgan fingerprint density at radius 3 is 2.71 bits per heavy atom. The van der Waals surface area contributed by atoms with Gasteiger partial charge in [0.15, 0.2) is 0 Å². The van der Waals surface area contributed by atoms with Crippen molar-refractivity contribution in [1.82, 2.24) is 0 Å². The second kappa shape index (κ2) is 5.50. The highest BCUT2D eigenvalue weighted by atomic mass is 16.5. The van der Waals surface area contributed by atoms with Gasteiger partial charge in [0.2, 0.25) is 0 Å². The van der Waals surface area contributed by atoms with Gasteiger partial charge in [-0.05, 0) is 12.1 Å². The molecule has 1 unspecified atom stereocenters. The summed E-state index contributed by atoms with van der Waals surface area (Å²) in [6.45, 7) is 2.59. The molecule has 3 nitrogen and oxygen atoms in total. The SMILES string of the molecule is COc1cccc(OCC(C)CO)c1. The molecule has 1 aromatic rings. The van der Waals surface area contributed by atoms with E-state index in [2.05, 4.69) is 0 Å². The second-order valence-electron chi connectivity index (χ2n) is 3.28. The lowest BCUT2D eigenvalue weighted by Gasteiger charge is -2.10. The van der Waals surface area contributed by atoms with E-state index in [1.165, 1.54) is 0 Å². The third-order valence-electron chi connectivity index (χ3n) is 1.89. The number of benzene rings is 1. The zero-order valence-corrected chi connectivity index (χ0v) is 8.56. The van der Waals surface area contributed by atoms with E-state index in [9.17, 15) is 0 Å². The summed E-state index contributed by atoms with van der Waals surface area (Å²) in [5.41, 5.74) is 0. The largest absolute Gasteiger partial charge is 0.497 e. The summed E-state index contributed by atoms with van der Waals surface area (Å²) in [4.78, 5) is 0. The second-order valence-corrected chi connectivity index (χ2v) is 3.28. The summed E-state index contributed by atoms with van der Waals surface area (Å²) in [5, 5.41) is 8.81. The zero-order valence-electron chi connectivity index (χ0n) is 8.56. The van der Waals surface area contributed by atoms with Crippen LogP contribution >= 0.6 is 0 Å². The van der Waals surface area contributed by atoms with E-state index in [0.29, 0.717) is 6.61 Å². The van der Waals surface area contributed by atoms with E-state index >= 15 is 0 Å². The zero-order chi connectivity index (χ0) is 10.4. The summed E-state index contributed by atoms with van der Waals surface area (Å²) in [6.07, 6.45) is 0. The summed E-state index contributed by atoms with van der Waals surface area (Å²) in [7, 11) is 1.62. The fourth-order valence-corrected chi connectivity index (χ4v) is 0.982. The molecule has 3 heteroatoms. The minimum absolute atomic E-state index is 0.143. The lowest BCUT2D eigenvalue weighted by atomic mass is 10.2. The summed E-state index contributed by atoms with van der Waals surface area (Å²) < 4.78 is 10.5. The van der Waals surface area contributed by atoms with Crippen molar-refractivity contribution in [2.75, 3.05) is 20.3 Å². The van der Waals surface area contributed by atoms with Gasteiger partial charge in [-0.1, -0.05) is 13.0 Å². The summed E-state index contributed by atoms with van der Waals surface area (Å²) >= 11 is 0. The van der Waals surface area contributed by atoms with Crippen LogP contribution in [-0.2, 0) is 0 Å². The predicted octanol–water partition coefficient (Wildman–Crippen LogP) is 1.70.